The highest BCUT2D eigenvalue weighted by Crippen LogP contribution is 2.08. The van der Waals surface area contributed by atoms with Crippen molar-refractivity contribution in [3.63, 3.8) is 0 Å². The number of amides is 1. The summed E-state index contributed by atoms with van der Waals surface area (Å²) in [5, 5.41) is 5.79. The van der Waals surface area contributed by atoms with E-state index in [0.717, 1.165) is 5.82 Å². The second-order valence-corrected chi connectivity index (χ2v) is 4.35. The molecule has 0 fully saturated rings. The van der Waals surface area contributed by atoms with Gasteiger partial charge in [-0.1, -0.05) is 29.8 Å². The van der Waals surface area contributed by atoms with Gasteiger partial charge >= 0.3 is 0 Å². The summed E-state index contributed by atoms with van der Waals surface area (Å²) in [6.07, 6.45) is 1.57. The van der Waals surface area contributed by atoms with E-state index in [1.807, 2.05) is 0 Å². The fourth-order valence-electron chi connectivity index (χ4n) is 1.68. The van der Waals surface area contributed by atoms with Crippen molar-refractivity contribution in [3.05, 3.63) is 59.3 Å². The van der Waals surface area contributed by atoms with Gasteiger partial charge in [0.2, 0.25) is 0 Å². The summed E-state index contributed by atoms with van der Waals surface area (Å²) < 4.78 is 0. The first kappa shape index (κ1) is 13.1. The molecule has 1 heterocycles. The molecule has 1 aromatic heterocycles. The minimum Gasteiger partial charge on any atom is -0.366 e. The highest BCUT2D eigenvalue weighted by molar-refractivity contribution is 5.93. The van der Waals surface area contributed by atoms with Crippen LogP contribution in [0.15, 0.2) is 42.6 Å². The van der Waals surface area contributed by atoms with Gasteiger partial charge < -0.3 is 10.6 Å². The van der Waals surface area contributed by atoms with Crippen molar-refractivity contribution in [2.24, 2.45) is 0 Å². The Hall–Kier alpha value is -2.36. The number of anilines is 1. The van der Waals surface area contributed by atoms with Crippen molar-refractivity contribution in [1.82, 2.24) is 10.3 Å². The van der Waals surface area contributed by atoms with E-state index in [2.05, 4.69) is 46.8 Å². The molecule has 4 heteroatoms. The van der Waals surface area contributed by atoms with Gasteiger partial charge in [-0.25, -0.2) is 4.98 Å². The molecule has 0 aliphatic heterocycles. The Morgan fingerprint density at radius 1 is 1.16 bits per heavy atom. The first-order valence-corrected chi connectivity index (χ1v) is 6.16. The number of pyridine rings is 1. The summed E-state index contributed by atoms with van der Waals surface area (Å²) >= 11 is 0. The summed E-state index contributed by atoms with van der Waals surface area (Å²) in [7, 11) is 1.60. The molecule has 0 spiro atoms. The van der Waals surface area contributed by atoms with Gasteiger partial charge in [0.15, 0.2) is 0 Å². The average Bonchev–Trinajstić information content (AvgIpc) is 2.46. The lowest BCUT2D eigenvalue weighted by Gasteiger charge is -2.06. The van der Waals surface area contributed by atoms with Crippen molar-refractivity contribution >= 4 is 11.7 Å². The highest BCUT2D eigenvalue weighted by Gasteiger charge is 2.03. The number of nitrogens with one attached hydrogen (secondary N) is 2. The van der Waals surface area contributed by atoms with Crippen LogP contribution < -0.4 is 10.6 Å². The number of benzene rings is 1. The number of aryl methyl sites for hydroxylation is 1. The van der Waals surface area contributed by atoms with Crippen molar-refractivity contribution in [3.8, 4) is 0 Å². The monoisotopic (exact) mass is 255 g/mol. The lowest BCUT2D eigenvalue weighted by Crippen LogP contribution is -2.17. The second kappa shape index (κ2) is 6.00. The number of carbonyl (C=O) groups excluding carboxylic acids is 1. The minimum absolute atomic E-state index is 0.127. The molecule has 0 saturated carbocycles. The highest BCUT2D eigenvalue weighted by atomic mass is 16.1. The molecule has 0 atom stereocenters. The quantitative estimate of drug-likeness (QED) is 0.881. The van der Waals surface area contributed by atoms with Gasteiger partial charge in [0.25, 0.3) is 5.91 Å². The van der Waals surface area contributed by atoms with Gasteiger partial charge in [-0.05, 0) is 24.6 Å². The van der Waals surface area contributed by atoms with Gasteiger partial charge in [0, 0.05) is 19.8 Å². The van der Waals surface area contributed by atoms with Gasteiger partial charge in [0.05, 0.1) is 5.56 Å². The molecule has 0 saturated heterocycles. The Labute approximate surface area is 112 Å². The predicted molar refractivity (Wildman–Crippen MR) is 76.1 cm³/mol. The molecular weight excluding hydrogens is 238 g/mol. The minimum atomic E-state index is -0.127. The number of hydrogen-bond acceptors (Lipinski definition) is 3. The molecule has 0 bridgehead atoms. The first-order chi connectivity index (χ1) is 9.19. The largest absolute Gasteiger partial charge is 0.366 e. The molecule has 2 rings (SSSR count). The first-order valence-electron chi connectivity index (χ1n) is 6.16. The SMILES string of the molecule is CNC(=O)c1ccc(NCc2ccc(C)cc2)nc1. The molecule has 19 heavy (non-hydrogen) atoms. The zero-order valence-electron chi connectivity index (χ0n) is 11.1. The van der Waals surface area contributed by atoms with Gasteiger partial charge in [0.1, 0.15) is 5.82 Å². The van der Waals surface area contributed by atoms with E-state index < -0.39 is 0 Å². The van der Waals surface area contributed by atoms with Crippen LogP contribution in [-0.2, 0) is 6.54 Å². The van der Waals surface area contributed by atoms with Crippen LogP contribution in [0.5, 0.6) is 0 Å². The molecule has 0 aliphatic rings. The van der Waals surface area contributed by atoms with Crippen LogP contribution in [0.3, 0.4) is 0 Å². The summed E-state index contributed by atoms with van der Waals surface area (Å²) in [5.74, 6) is 0.630. The summed E-state index contributed by atoms with van der Waals surface area (Å²) in [5.41, 5.74) is 3.00. The molecule has 1 aromatic carbocycles. The molecule has 2 N–H and O–H groups in total. The zero-order chi connectivity index (χ0) is 13.7. The van der Waals surface area contributed by atoms with Gasteiger partial charge in [-0.15, -0.1) is 0 Å². The Bertz CT molecular complexity index is 547. The van der Waals surface area contributed by atoms with E-state index in [1.54, 1.807) is 25.4 Å². The maximum Gasteiger partial charge on any atom is 0.252 e. The second-order valence-electron chi connectivity index (χ2n) is 4.35. The fourth-order valence-corrected chi connectivity index (χ4v) is 1.68. The number of aromatic nitrogens is 1. The number of nitrogens with zero attached hydrogens (tertiary/aromatic N) is 1. The molecule has 98 valence electrons. The zero-order valence-corrected chi connectivity index (χ0v) is 11.1. The van der Waals surface area contributed by atoms with Crippen LogP contribution in [0, 0.1) is 6.92 Å². The van der Waals surface area contributed by atoms with E-state index >= 15 is 0 Å². The van der Waals surface area contributed by atoms with E-state index in [-0.39, 0.29) is 5.91 Å². The van der Waals surface area contributed by atoms with E-state index in [4.69, 9.17) is 0 Å². The number of rotatable bonds is 4. The molecule has 4 nitrogen and oxygen atoms in total. The van der Waals surface area contributed by atoms with Crippen molar-refractivity contribution in [2.75, 3.05) is 12.4 Å². The molecule has 1 amide bonds. The topological polar surface area (TPSA) is 54.0 Å². The van der Waals surface area contributed by atoms with Crippen molar-refractivity contribution in [1.29, 1.82) is 0 Å². The standard InChI is InChI=1S/C15H17N3O/c1-11-3-5-12(6-4-11)9-17-14-8-7-13(10-18-14)15(19)16-2/h3-8,10H,9H2,1-2H3,(H,16,19)(H,17,18). The fraction of sp³-hybridized carbons (Fsp3) is 0.200. The van der Waals surface area contributed by atoms with Crippen LogP contribution in [0.2, 0.25) is 0 Å². The summed E-state index contributed by atoms with van der Waals surface area (Å²) in [6.45, 7) is 2.78. The number of carbonyl (C=O) groups is 1. The van der Waals surface area contributed by atoms with Gasteiger partial charge in [-0.2, -0.15) is 0 Å². The maximum absolute atomic E-state index is 11.4. The van der Waals surface area contributed by atoms with E-state index in [0.29, 0.717) is 12.1 Å². The van der Waals surface area contributed by atoms with E-state index in [1.165, 1.54) is 11.1 Å². The third kappa shape index (κ3) is 3.55. The predicted octanol–water partition coefficient (Wildman–Crippen LogP) is 2.36. The van der Waals surface area contributed by atoms with Crippen LogP contribution in [0.25, 0.3) is 0 Å². The molecule has 0 unspecified atom stereocenters. The molecule has 0 radical (unpaired) electrons. The number of hydrogen-bond donors (Lipinski definition) is 2. The van der Waals surface area contributed by atoms with Crippen molar-refractivity contribution in [2.45, 2.75) is 13.5 Å². The third-order valence-corrected chi connectivity index (χ3v) is 2.85. The molecular formula is C15H17N3O. The van der Waals surface area contributed by atoms with Crippen LogP contribution in [-0.4, -0.2) is 17.9 Å². The van der Waals surface area contributed by atoms with Crippen LogP contribution in [0.4, 0.5) is 5.82 Å². The van der Waals surface area contributed by atoms with E-state index in [9.17, 15) is 4.79 Å². The molecule has 2 aromatic rings. The van der Waals surface area contributed by atoms with Gasteiger partial charge in [-0.3, -0.25) is 4.79 Å². The third-order valence-electron chi connectivity index (χ3n) is 2.85. The smallest absolute Gasteiger partial charge is 0.252 e. The Morgan fingerprint density at radius 3 is 2.47 bits per heavy atom. The summed E-state index contributed by atoms with van der Waals surface area (Å²) in [4.78, 5) is 15.6. The lowest BCUT2D eigenvalue weighted by molar-refractivity contribution is 0.0963. The average molecular weight is 255 g/mol. The Kier molecular flexibility index (Phi) is 4.13. The Balaban J connectivity index is 1.96. The van der Waals surface area contributed by atoms with Crippen LogP contribution in [0.1, 0.15) is 21.5 Å². The normalized spacial score (nSPS) is 10.0. The molecule has 0 aliphatic carbocycles. The lowest BCUT2D eigenvalue weighted by atomic mass is 10.1. The maximum atomic E-state index is 11.4. The Morgan fingerprint density at radius 2 is 1.89 bits per heavy atom. The van der Waals surface area contributed by atoms with Crippen LogP contribution >= 0.6 is 0 Å². The van der Waals surface area contributed by atoms with Crippen molar-refractivity contribution < 1.29 is 4.79 Å². The summed E-state index contributed by atoms with van der Waals surface area (Å²) in [6, 6.07) is 11.9.